The lowest BCUT2D eigenvalue weighted by Gasteiger charge is -2.45. The first-order valence-electron chi connectivity index (χ1n) is 6.72. The highest BCUT2D eigenvalue weighted by Gasteiger charge is 2.48. The van der Waals surface area contributed by atoms with Crippen LogP contribution in [0.3, 0.4) is 0 Å². The van der Waals surface area contributed by atoms with E-state index in [9.17, 15) is 10.1 Å². The van der Waals surface area contributed by atoms with Crippen LogP contribution in [0, 0.1) is 16.0 Å². The second-order valence-electron chi connectivity index (χ2n) is 5.82. The summed E-state index contributed by atoms with van der Waals surface area (Å²) in [5.41, 5.74) is 0.748. The average molecular weight is 351 g/mol. The van der Waals surface area contributed by atoms with Gasteiger partial charge in [-0.3, -0.25) is 10.1 Å². The minimum Gasteiger partial charge on any atom is -0.320 e. The Morgan fingerprint density at radius 2 is 2.14 bits per heavy atom. The number of halogens is 1. The zero-order valence-electron chi connectivity index (χ0n) is 11.8. The molecule has 1 aliphatic rings. The Morgan fingerprint density at radius 3 is 2.67 bits per heavy atom. The van der Waals surface area contributed by atoms with Crippen molar-refractivity contribution in [2.24, 2.45) is 13.0 Å². The highest BCUT2D eigenvalue weighted by molar-refractivity contribution is 9.10. The largest absolute Gasteiger partial charge is 0.320 e. The number of nitrogens with zero attached hydrogens (tertiary/aromatic N) is 4. The summed E-state index contributed by atoms with van der Waals surface area (Å²) in [6.45, 7) is 2.18. The van der Waals surface area contributed by atoms with Crippen molar-refractivity contribution in [2.75, 3.05) is 0 Å². The summed E-state index contributed by atoms with van der Waals surface area (Å²) in [6.07, 6.45) is 3.52. The molecule has 110 valence electrons. The Bertz CT molecular complexity index is 707. The van der Waals surface area contributed by atoms with E-state index in [1.54, 1.807) is 12.4 Å². The molecule has 1 aromatic carbocycles. The molecule has 1 saturated carbocycles. The molecule has 0 N–H and O–H groups in total. The molecule has 21 heavy (non-hydrogen) atoms. The second-order valence-corrected chi connectivity index (χ2v) is 6.73. The number of aryl methyl sites for hydroxylation is 1. The monoisotopic (exact) mass is 350 g/mol. The van der Waals surface area contributed by atoms with Crippen LogP contribution in [-0.2, 0) is 12.5 Å². The van der Waals surface area contributed by atoms with Crippen LogP contribution in [0.5, 0.6) is 0 Å². The predicted molar refractivity (Wildman–Crippen MR) is 81.0 cm³/mol. The van der Waals surface area contributed by atoms with Crippen LogP contribution in [0.4, 0.5) is 5.69 Å². The number of hydrogen-bond acceptors (Lipinski definition) is 4. The summed E-state index contributed by atoms with van der Waals surface area (Å²) in [5.74, 6) is 1.44. The molecule has 7 heteroatoms. The Kier molecular flexibility index (Phi) is 3.32. The molecule has 0 radical (unpaired) electrons. The maximum absolute atomic E-state index is 11.1. The molecule has 1 heterocycles. The van der Waals surface area contributed by atoms with E-state index >= 15 is 0 Å². The lowest BCUT2D eigenvalue weighted by molar-refractivity contribution is -0.385. The van der Waals surface area contributed by atoms with Crippen molar-refractivity contribution < 1.29 is 4.92 Å². The summed E-state index contributed by atoms with van der Waals surface area (Å²) < 4.78 is 2.62. The lowest BCUT2D eigenvalue weighted by Crippen LogP contribution is -2.43. The smallest absolute Gasteiger partial charge is 0.270 e. The van der Waals surface area contributed by atoms with Gasteiger partial charge >= 0.3 is 0 Å². The highest BCUT2D eigenvalue weighted by Crippen LogP contribution is 2.52. The summed E-state index contributed by atoms with van der Waals surface area (Å²) in [7, 11) is 1.91. The van der Waals surface area contributed by atoms with Crippen LogP contribution in [0.25, 0.3) is 0 Å². The van der Waals surface area contributed by atoms with E-state index < -0.39 is 0 Å². The first-order valence-corrected chi connectivity index (χ1v) is 7.51. The van der Waals surface area contributed by atoms with E-state index in [2.05, 4.69) is 33.1 Å². The van der Waals surface area contributed by atoms with Gasteiger partial charge in [-0.1, -0.05) is 22.9 Å². The molecule has 1 aliphatic carbocycles. The first kappa shape index (κ1) is 14.2. The number of nitro groups is 1. The molecule has 0 bridgehead atoms. The summed E-state index contributed by atoms with van der Waals surface area (Å²) in [5, 5.41) is 19.3. The Balaban J connectivity index is 2.15. The molecule has 6 nitrogen and oxygen atoms in total. The number of nitro benzene ring substituents is 1. The molecule has 0 unspecified atom stereocenters. The van der Waals surface area contributed by atoms with Crippen molar-refractivity contribution in [3.8, 4) is 0 Å². The zero-order chi connectivity index (χ0) is 15.2. The van der Waals surface area contributed by atoms with Crippen molar-refractivity contribution in [1.29, 1.82) is 0 Å². The van der Waals surface area contributed by atoms with Gasteiger partial charge in [0.1, 0.15) is 12.2 Å². The van der Waals surface area contributed by atoms with E-state index in [1.165, 1.54) is 6.07 Å². The minimum atomic E-state index is -0.360. The second kappa shape index (κ2) is 4.91. The fourth-order valence-corrected chi connectivity index (χ4v) is 3.83. The van der Waals surface area contributed by atoms with Crippen molar-refractivity contribution in [1.82, 2.24) is 14.8 Å². The van der Waals surface area contributed by atoms with Crippen LogP contribution < -0.4 is 0 Å². The zero-order valence-corrected chi connectivity index (χ0v) is 13.4. The molecule has 0 atom stereocenters. The molecule has 2 aromatic rings. The first-order chi connectivity index (χ1) is 9.92. The standard InChI is InChI=1S/C14H15BrN4O2/c1-9-6-14(7-9,13-17-16-8-18(13)2)10-3-11(15)5-12(4-10)19(20)21/h3-5,8-9H,6-7H2,1-2H3. The van der Waals surface area contributed by atoms with Crippen molar-refractivity contribution in [2.45, 2.75) is 25.2 Å². The van der Waals surface area contributed by atoms with Gasteiger partial charge in [-0.2, -0.15) is 0 Å². The number of rotatable bonds is 3. The molecule has 1 aromatic heterocycles. The molecule has 0 spiro atoms. The van der Waals surface area contributed by atoms with Crippen LogP contribution in [0.15, 0.2) is 29.0 Å². The van der Waals surface area contributed by atoms with Gasteiger partial charge in [-0.15, -0.1) is 10.2 Å². The van der Waals surface area contributed by atoms with Crippen molar-refractivity contribution in [3.05, 3.63) is 50.5 Å². The van der Waals surface area contributed by atoms with Gasteiger partial charge in [0.25, 0.3) is 5.69 Å². The quantitative estimate of drug-likeness (QED) is 0.629. The van der Waals surface area contributed by atoms with E-state index in [0.29, 0.717) is 10.4 Å². The fraction of sp³-hybridized carbons (Fsp3) is 0.429. The highest BCUT2D eigenvalue weighted by atomic mass is 79.9. The molecule has 3 rings (SSSR count). The third-order valence-corrected chi connectivity index (χ3v) is 4.64. The van der Waals surface area contributed by atoms with E-state index in [1.807, 2.05) is 17.7 Å². The van der Waals surface area contributed by atoms with Gasteiger partial charge < -0.3 is 4.57 Å². The Hall–Kier alpha value is -1.76. The van der Waals surface area contributed by atoms with E-state index in [-0.39, 0.29) is 16.0 Å². The average Bonchev–Trinajstić information content (AvgIpc) is 2.80. The molecule has 0 saturated heterocycles. The number of benzene rings is 1. The maximum Gasteiger partial charge on any atom is 0.270 e. The normalized spacial score (nSPS) is 24.6. The number of aromatic nitrogens is 3. The fourth-order valence-electron chi connectivity index (χ4n) is 3.35. The van der Waals surface area contributed by atoms with Gasteiger partial charge in [-0.05, 0) is 30.4 Å². The van der Waals surface area contributed by atoms with Crippen LogP contribution in [0.2, 0.25) is 0 Å². The van der Waals surface area contributed by atoms with Gasteiger partial charge in [0.05, 0.1) is 10.3 Å². The molecule has 0 amide bonds. The predicted octanol–water partition coefficient (Wildman–Crippen LogP) is 3.20. The van der Waals surface area contributed by atoms with Gasteiger partial charge in [0, 0.05) is 23.7 Å². The summed E-state index contributed by atoms with van der Waals surface area (Å²) >= 11 is 3.38. The topological polar surface area (TPSA) is 73.8 Å². The van der Waals surface area contributed by atoms with E-state index in [0.717, 1.165) is 24.2 Å². The van der Waals surface area contributed by atoms with Crippen molar-refractivity contribution in [3.63, 3.8) is 0 Å². The minimum absolute atomic E-state index is 0.0977. The Labute approximate surface area is 130 Å². The SMILES string of the molecule is CC1CC(c2cc(Br)cc([N+](=O)[O-])c2)(c2nncn2C)C1. The lowest BCUT2D eigenvalue weighted by atomic mass is 9.58. The maximum atomic E-state index is 11.1. The number of hydrogen-bond donors (Lipinski definition) is 0. The van der Waals surface area contributed by atoms with Gasteiger partial charge in [0.2, 0.25) is 0 Å². The van der Waals surface area contributed by atoms with Crippen LogP contribution >= 0.6 is 15.9 Å². The molecule has 1 fully saturated rings. The molecule has 0 aliphatic heterocycles. The third kappa shape index (κ3) is 2.25. The number of non-ortho nitro benzene ring substituents is 1. The summed E-state index contributed by atoms with van der Waals surface area (Å²) in [6, 6.07) is 5.13. The van der Waals surface area contributed by atoms with Gasteiger partial charge in [0.15, 0.2) is 0 Å². The molecular weight excluding hydrogens is 336 g/mol. The van der Waals surface area contributed by atoms with E-state index in [4.69, 9.17) is 0 Å². The Morgan fingerprint density at radius 1 is 1.43 bits per heavy atom. The van der Waals surface area contributed by atoms with Crippen LogP contribution in [0.1, 0.15) is 31.2 Å². The van der Waals surface area contributed by atoms with Crippen molar-refractivity contribution >= 4 is 21.6 Å². The van der Waals surface area contributed by atoms with Crippen LogP contribution in [-0.4, -0.2) is 19.7 Å². The molecular formula is C14H15BrN4O2. The summed E-state index contributed by atoms with van der Waals surface area (Å²) in [4.78, 5) is 10.7. The van der Waals surface area contributed by atoms with Gasteiger partial charge in [-0.25, -0.2) is 0 Å². The third-order valence-electron chi connectivity index (χ3n) is 4.18.